The summed E-state index contributed by atoms with van der Waals surface area (Å²) in [4.78, 5) is 40.9. The molecule has 29 heavy (non-hydrogen) atoms. The number of Topliss-reactive ketones (excluding diaryl/α,β-unsaturated/α-hetero) is 1. The van der Waals surface area contributed by atoms with Crippen LogP contribution in [0.1, 0.15) is 62.5 Å². The Balaban J connectivity index is 2.47. The summed E-state index contributed by atoms with van der Waals surface area (Å²) in [5, 5.41) is 1.83. The smallest absolute Gasteiger partial charge is 0.355 e. The van der Waals surface area contributed by atoms with Crippen molar-refractivity contribution in [2.75, 3.05) is 13.2 Å². The SMILES string of the molecule is C=CCN(C(=O)c1cccs1)C(C)C(=O)c1c(C)c(C(=O)OCC)n(CC)c1C. The normalized spacial score (nSPS) is 11.8. The third-order valence-corrected chi connectivity index (χ3v) is 5.82. The molecule has 0 aliphatic heterocycles. The lowest BCUT2D eigenvalue weighted by atomic mass is 9.99. The predicted octanol–water partition coefficient (Wildman–Crippen LogP) is 4.26. The number of nitrogens with zero attached hydrogens (tertiary/aromatic N) is 2. The van der Waals surface area contributed by atoms with Gasteiger partial charge in [0.15, 0.2) is 5.78 Å². The lowest BCUT2D eigenvalue weighted by Gasteiger charge is -2.27. The molecule has 1 amide bonds. The molecule has 0 aliphatic rings. The Morgan fingerprint density at radius 1 is 1.31 bits per heavy atom. The topological polar surface area (TPSA) is 68.6 Å². The van der Waals surface area contributed by atoms with Gasteiger partial charge < -0.3 is 14.2 Å². The van der Waals surface area contributed by atoms with Crippen molar-refractivity contribution >= 4 is 29.0 Å². The van der Waals surface area contributed by atoms with E-state index in [9.17, 15) is 14.4 Å². The first-order valence-electron chi connectivity index (χ1n) is 9.66. The van der Waals surface area contributed by atoms with Gasteiger partial charge in [-0.25, -0.2) is 4.79 Å². The van der Waals surface area contributed by atoms with Gasteiger partial charge in [-0.3, -0.25) is 9.59 Å². The number of rotatable bonds is 9. The molecule has 0 saturated heterocycles. The summed E-state index contributed by atoms with van der Waals surface area (Å²) in [6.07, 6.45) is 1.61. The number of esters is 1. The molecule has 0 saturated carbocycles. The van der Waals surface area contributed by atoms with Crippen molar-refractivity contribution < 1.29 is 19.1 Å². The number of amides is 1. The number of carbonyl (C=O) groups is 3. The van der Waals surface area contributed by atoms with E-state index >= 15 is 0 Å². The summed E-state index contributed by atoms with van der Waals surface area (Å²) in [5.74, 6) is -0.861. The number of thiophene rings is 1. The number of hydrogen-bond acceptors (Lipinski definition) is 5. The zero-order valence-electron chi connectivity index (χ0n) is 17.7. The molecule has 2 aromatic heterocycles. The minimum absolute atomic E-state index is 0.204. The molecule has 0 bridgehead atoms. The first-order chi connectivity index (χ1) is 13.8. The first kappa shape index (κ1) is 22.6. The second-order valence-electron chi connectivity index (χ2n) is 6.66. The monoisotopic (exact) mass is 416 g/mol. The molecule has 1 unspecified atom stereocenters. The number of ketones is 1. The van der Waals surface area contributed by atoms with Crippen molar-refractivity contribution in [3.8, 4) is 0 Å². The second-order valence-corrected chi connectivity index (χ2v) is 7.61. The minimum atomic E-state index is -0.706. The van der Waals surface area contributed by atoms with Crippen LogP contribution >= 0.6 is 11.3 Å². The van der Waals surface area contributed by atoms with Crippen LogP contribution in [0.25, 0.3) is 0 Å². The summed E-state index contributed by atoms with van der Waals surface area (Å²) >= 11 is 1.33. The average molecular weight is 417 g/mol. The Kier molecular flexibility index (Phi) is 7.56. The molecule has 2 heterocycles. The van der Waals surface area contributed by atoms with Gasteiger partial charge in [0.2, 0.25) is 0 Å². The molecule has 1 atom stereocenters. The molecule has 6 nitrogen and oxygen atoms in total. The van der Waals surface area contributed by atoms with E-state index in [0.717, 1.165) is 0 Å². The summed E-state index contributed by atoms with van der Waals surface area (Å²) in [6.45, 7) is 13.7. The maximum atomic E-state index is 13.4. The molecule has 156 valence electrons. The van der Waals surface area contributed by atoms with E-state index in [1.54, 1.807) is 43.5 Å². The van der Waals surface area contributed by atoms with Gasteiger partial charge in [-0.05, 0) is 51.6 Å². The van der Waals surface area contributed by atoms with Crippen LogP contribution < -0.4 is 0 Å². The van der Waals surface area contributed by atoms with E-state index in [1.165, 1.54) is 16.2 Å². The van der Waals surface area contributed by atoms with E-state index < -0.39 is 12.0 Å². The predicted molar refractivity (Wildman–Crippen MR) is 115 cm³/mol. The molecule has 0 radical (unpaired) electrons. The Bertz CT molecular complexity index is 912. The maximum Gasteiger partial charge on any atom is 0.355 e. The highest BCUT2D eigenvalue weighted by Gasteiger charge is 2.33. The van der Waals surface area contributed by atoms with Crippen LogP contribution in [-0.4, -0.2) is 46.3 Å². The van der Waals surface area contributed by atoms with Crippen LogP contribution in [0.2, 0.25) is 0 Å². The van der Waals surface area contributed by atoms with Gasteiger partial charge in [-0.1, -0.05) is 12.1 Å². The zero-order chi connectivity index (χ0) is 21.7. The Morgan fingerprint density at radius 3 is 2.52 bits per heavy atom. The molecule has 2 rings (SSSR count). The van der Waals surface area contributed by atoms with E-state index in [1.807, 2.05) is 19.2 Å². The van der Waals surface area contributed by atoms with Crippen molar-refractivity contribution in [1.29, 1.82) is 0 Å². The Morgan fingerprint density at radius 2 is 2.00 bits per heavy atom. The highest BCUT2D eigenvalue weighted by atomic mass is 32.1. The van der Waals surface area contributed by atoms with Crippen LogP contribution in [0.5, 0.6) is 0 Å². The highest BCUT2D eigenvalue weighted by molar-refractivity contribution is 7.12. The molecular formula is C22H28N2O4S. The van der Waals surface area contributed by atoms with E-state index in [-0.39, 0.29) is 24.8 Å². The number of hydrogen-bond donors (Lipinski definition) is 0. The maximum absolute atomic E-state index is 13.4. The highest BCUT2D eigenvalue weighted by Crippen LogP contribution is 2.26. The van der Waals surface area contributed by atoms with Crippen LogP contribution in [0, 0.1) is 13.8 Å². The van der Waals surface area contributed by atoms with Gasteiger partial charge in [-0.2, -0.15) is 0 Å². The van der Waals surface area contributed by atoms with Gasteiger partial charge in [0.05, 0.1) is 17.5 Å². The fraction of sp³-hybridized carbons (Fsp3) is 0.409. The molecule has 0 spiro atoms. The fourth-order valence-electron chi connectivity index (χ4n) is 3.56. The zero-order valence-corrected chi connectivity index (χ0v) is 18.5. The van der Waals surface area contributed by atoms with E-state index in [2.05, 4.69) is 6.58 Å². The lowest BCUT2D eigenvalue weighted by molar-refractivity contribution is 0.0512. The van der Waals surface area contributed by atoms with Crippen molar-refractivity contribution in [2.45, 2.75) is 47.2 Å². The number of ether oxygens (including phenoxy) is 1. The summed E-state index contributed by atoms with van der Waals surface area (Å²) in [5.41, 5.74) is 2.14. The van der Waals surface area contributed by atoms with Gasteiger partial charge in [-0.15, -0.1) is 17.9 Å². The van der Waals surface area contributed by atoms with E-state index in [0.29, 0.717) is 33.9 Å². The van der Waals surface area contributed by atoms with Crippen LogP contribution in [0.3, 0.4) is 0 Å². The van der Waals surface area contributed by atoms with Crippen LogP contribution in [-0.2, 0) is 11.3 Å². The van der Waals surface area contributed by atoms with Crippen molar-refractivity contribution in [1.82, 2.24) is 9.47 Å². The summed E-state index contributed by atoms with van der Waals surface area (Å²) in [7, 11) is 0. The number of aromatic nitrogens is 1. The largest absolute Gasteiger partial charge is 0.461 e. The van der Waals surface area contributed by atoms with Gasteiger partial charge >= 0.3 is 5.97 Å². The minimum Gasteiger partial charge on any atom is -0.461 e. The Labute approximate surface area is 175 Å². The summed E-state index contributed by atoms with van der Waals surface area (Å²) < 4.78 is 6.98. The molecule has 0 N–H and O–H groups in total. The molecule has 0 aliphatic carbocycles. The number of carbonyl (C=O) groups excluding carboxylic acids is 3. The molecule has 0 aromatic carbocycles. The van der Waals surface area contributed by atoms with Gasteiger partial charge in [0.25, 0.3) is 5.91 Å². The third-order valence-electron chi connectivity index (χ3n) is 4.96. The Hall–Kier alpha value is -2.67. The van der Waals surface area contributed by atoms with Gasteiger partial charge in [0, 0.05) is 24.3 Å². The molecular weight excluding hydrogens is 388 g/mol. The molecule has 0 fully saturated rings. The van der Waals surface area contributed by atoms with E-state index in [4.69, 9.17) is 4.74 Å². The quantitative estimate of drug-likeness (QED) is 0.348. The van der Waals surface area contributed by atoms with Crippen molar-refractivity contribution in [3.63, 3.8) is 0 Å². The third kappa shape index (κ3) is 4.34. The molecule has 7 heteroatoms. The summed E-state index contributed by atoms with van der Waals surface area (Å²) in [6, 6.07) is 2.84. The van der Waals surface area contributed by atoms with Crippen molar-refractivity contribution in [3.05, 3.63) is 57.6 Å². The first-order valence-corrected chi connectivity index (χ1v) is 10.5. The van der Waals surface area contributed by atoms with Crippen LogP contribution in [0.4, 0.5) is 0 Å². The average Bonchev–Trinajstić information content (AvgIpc) is 3.31. The fourth-order valence-corrected chi connectivity index (χ4v) is 4.24. The molecule has 2 aromatic rings. The van der Waals surface area contributed by atoms with Gasteiger partial charge in [0.1, 0.15) is 5.69 Å². The lowest BCUT2D eigenvalue weighted by Crippen LogP contribution is -2.43. The van der Waals surface area contributed by atoms with Crippen LogP contribution in [0.15, 0.2) is 30.2 Å². The second kappa shape index (κ2) is 9.69. The standard InChI is InChI=1S/C22H28N2O4S/c1-7-12-24(21(26)17-11-10-13-29-17)16(6)20(25)18-14(4)19(22(27)28-9-3)23(8-2)15(18)5/h7,10-11,13,16H,1,8-9,12H2,2-6H3. The van der Waals surface area contributed by atoms with Crippen molar-refractivity contribution in [2.24, 2.45) is 0 Å².